The van der Waals surface area contributed by atoms with E-state index in [-0.39, 0.29) is 5.54 Å². The van der Waals surface area contributed by atoms with Crippen molar-refractivity contribution in [1.82, 2.24) is 4.90 Å². The van der Waals surface area contributed by atoms with E-state index in [2.05, 4.69) is 17.9 Å². The molecule has 0 heterocycles. The molecule has 0 fully saturated rings. The molecule has 2 nitrogen and oxygen atoms in total. The van der Waals surface area contributed by atoms with E-state index in [1.54, 1.807) is 0 Å². The lowest BCUT2D eigenvalue weighted by molar-refractivity contribution is 0.207. The highest BCUT2D eigenvalue weighted by atomic mass is 15.2. The monoisotopic (exact) mass is 168 g/mol. The molecule has 2 heteroatoms. The van der Waals surface area contributed by atoms with Crippen LogP contribution in [0.1, 0.15) is 40.0 Å². The van der Waals surface area contributed by atoms with Gasteiger partial charge in [0.2, 0.25) is 0 Å². The Kier molecular flexibility index (Phi) is 4.92. The fourth-order valence-corrected chi connectivity index (χ4v) is 0.964. The van der Waals surface area contributed by atoms with Crippen molar-refractivity contribution in [2.75, 3.05) is 13.6 Å². The Balaban J connectivity index is 3.73. The lowest BCUT2D eigenvalue weighted by Crippen LogP contribution is -2.40. The molecule has 0 aliphatic carbocycles. The molecule has 0 N–H and O–H groups in total. The molecule has 0 amide bonds. The van der Waals surface area contributed by atoms with Gasteiger partial charge in [-0.3, -0.25) is 4.90 Å². The first-order valence-electron chi connectivity index (χ1n) is 4.67. The summed E-state index contributed by atoms with van der Waals surface area (Å²) in [6.07, 6.45) is 3.69. The van der Waals surface area contributed by atoms with Crippen LogP contribution in [0, 0.1) is 11.3 Å². The highest BCUT2D eigenvalue weighted by Crippen LogP contribution is 2.11. The maximum atomic E-state index is 8.83. The van der Waals surface area contributed by atoms with Gasteiger partial charge in [-0.2, -0.15) is 5.26 Å². The summed E-state index contributed by atoms with van der Waals surface area (Å²) in [6.45, 7) is 7.13. The van der Waals surface area contributed by atoms with Crippen LogP contribution in [-0.4, -0.2) is 24.0 Å². The van der Waals surface area contributed by atoms with Crippen molar-refractivity contribution < 1.29 is 0 Å². The number of hydrogen-bond acceptors (Lipinski definition) is 2. The third kappa shape index (κ3) is 3.73. The minimum absolute atomic E-state index is 0.312. The van der Waals surface area contributed by atoms with Gasteiger partial charge >= 0.3 is 0 Å². The van der Waals surface area contributed by atoms with Crippen molar-refractivity contribution in [3.05, 3.63) is 0 Å². The first-order chi connectivity index (χ1) is 5.54. The molecule has 0 unspecified atom stereocenters. The average molecular weight is 168 g/mol. The predicted molar refractivity (Wildman–Crippen MR) is 51.8 cm³/mol. The zero-order valence-electron chi connectivity index (χ0n) is 8.72. The van der Waals surface area contributed by atoms with Crippen LogP contribution in [0.15, 0.2) is 0 Å². The second-order valence-corrected chi connectivity index (χ2v) is 3.80. The minimum atomic E-state index is -0.312. The molecule has 0 aliphatic heterocycles. The molecule has 0 aliphatic rings. The molecule has 70 valence electrons. The Morgan fingerprint density at radius 3 is 2.33 bits per heavy atom. The highest BCUT2D eigenvalue weighted by Gasteiger charge is 2.21. The average Bonchev–Trinajstić information content (AvgIpc) is 2.05. The Morgan fingerprint density at radius 2 is 1.92 bits per heavy atom. The van der Waals surface area contributed by atoms with E-state index >= 15 is 0 Å². The smallest absolute Gasteiger partial charge is 0.103 e. The van der Waals surface area contributed by atoms with Gasteiger partial charge in [-0.25, -0.2) is 0 Å². The zero-order valence-corrected chi connectivity index (χ0v) is 8.72. The largest absolute Gasteiger partial charge is 0.289 e. The third-order valence-corrected chi connectivity index (χ3v) is 2.32. The molecule has 0 aromatic rings. The van der Waals surface area contributed by atoms with Gasteiger partial charge < -0.3 is 0 Å². The molecule has 0 spiro atoms. The van der Waals surface area contributed by atoms with Crippen LogP contribution in [0.4, 0.5) is 0 Å². The minimum Gasteiger partial charge on any atom is -0.289 e. The highest BCUT2D eigenvalue weighted by molar-refractivity contribution is 5.00. The summed E-state index contributed by atoms with van der Waals surface area (Å²) in [5.41, 5.74) is -0.312. The van der Waals surface area contributed by atoms with Crippen molar-refractivity contribution in [2.24, 2.45) is 0 Å². The number of nitrogens with zero attached hydrogens (tertiary/aromatic N) is 2. The molecule has 12 heavy (non-hydrogen) atoms. The summed E-state index contributed by atoms with van der Waals surface area (Å²) < 4.78 is 0. The molecule has 0 aromatic heterocycles. The van der Waals surface area contributed by atoms with Crippen LogP contribution in [0.2, 0.25) is 0 Å². The van der Waals surface area contributed by atoms with Gasteiger partial charge in [0.25, 0.3) is 0 Å². The van der Waals surface area contributed by atoms with E-state index in [1.807, 2.05) is 20.9 Å². The topological polar surface area (TPSA) is 27.0 Å². The van der Waals surface area contributed by atoms with E-state index < -0.39 is 0 Å². The summed E-state index contributed by atoms with van der Waals surface area (Å²) in [7, 11) is 2.01. The van der Waals surface area contributed by atoms with Crippen LogP contribution >= 0.6 is 0 Å². The zero-order chi connectivity index (χ0) is 9.61. The molecular formula is C10H20N2. The standard InChI is InChI=1S/C10H20N2/c1-5-6-7-8-12(4)10(2,3)9-11/h5-8H2,1-4H3. The lowest BCUT2D eigenvalue weighted by Gasteiger charge is -2.28. The van der Waals surface area contributed by atoms with Gasteiger partial charge in [0, 0.05) is 0 Å². The van der Waals surface area contributed by atoms with Gasteiger partial charge in [-0.05, 0) is 33.9 Å². The van der Waals surface area contributed by atoms with E-state index in [9.17, 15) is 0 Å². The normalized spacial score (nSPS) is 11.7. The first kappa shape index (κ1) is 11.4. The second-order valence-electron chi connectivity index (χ2n) is 3.80. The van der Waals surface area contributed by atoms with Gasteiger partial charge in [-0.15, -0.1) is 0 Å². The SMILES string of the molecule is CCCCCN(C)C(C)(C)C#N. The van der Waals surface area contributed by atoms with Crippen LogP contribution in [-0.2, 0) is 0 Å². The molecule has 0 aromatic carbocycles. The van der Waals surface area contributed by atoms with Crippen molar-refractivity contribution in [1.29, 1.82) is 5.26 Å². The Labute approximate surface area is 76.2 Å². The fraction of sp³-hybridized carbons (Fsp3) is 0.900. The van der Waals surface area contributed by atoms with Crippen LogP contribution in [0.5, 0.6) is 0 Å². The Morgan fingerprint density at radius 1 is 1.33 bits per heavy atom. The van der Waals surface area contributed by atoms with Crippen LogP contribution in [0.3, 0.4) is 0 Å². The molecule has 0 saturated heterocycles. The maximum Gasteiger partial charge on any atom is 0.103 e. The van der Waals surface area contributed by atoms with E-state index in [0.717, 1.165) is 6.54 Å². The maximum absolute atomic E-state index is 8.83. The molecule has 0 radical (unpaired) electrons. The van der Waals surface area contributed by atoms with E-state index in [4.69, 9.17) is 5.26 Å². The molecule has 0 bridgehead atoms. The second kappa shape index (κ2) is 5.16. The van der Waals surface area contributed by atoms with Crippen LogP contribution in [0.25, 0.3) is 0 Å². The van der Waals surface area contributed by atoms with Crippen molar-refractivity contribution in [3.63, 3.8) is 0 Å². The van der Waals surface area contributed by atoms with Crippen molar-refractivity contribution >= 4 is 0 Å². The number of unbranched alkanes of at least 4 members (excludes halogenated alkanes) is 2. The fourth-order valence-electron chi connectivity index (χ4n) is 0.964. The lowest BCUT2D eigenvalue weighted by atomic mass is 10.1. The van der Waals surface area contributed by atoms with E-state index in [0.29, 0.717) is 0 Å². The summed E-state index contributed by atoms with van der Waals surface area (Å²) >= 11 is 0. The van der Waals surface area contributed by atoms with Crippen molar-refractivity contribution in [3.8, 4) is 6.07 Å². The quantitative estimate of drug-likeness (QED) is 0.589. The molecule has 0 rings (SSSR count). The predicted octanol–water partition coefficient (Wildman–Crippen LogP) is 2.41. The first-order valence-corrected chi connectivity index (χ1v) is 4.67. The molecule has 0 saturated carbocycles. The summed E-state index contributed by atoms with van der Waals surface area (Å²) in [6, 6.07) is 2.29. The summed E-state index contributed by atoms with van der Waals surface area (Å²) in [5.74, 6) is 0. The number of rotatable bonds is 5. The van der Waals surface area contributed by atoms with Gasteiger partial charge in [-0.1, -0.05) is 19.8 Å². The summed E-state index contributed by atoms with van der Waals surface area (Å²) in [5, 5.41) is 8.83. The van der Waals surface area contributed by atoms with Gasteiger partial charge in [0.1, 0.15) is 5.54 Å². The third-order valence-electron chi connectivity index (χ3n) is 2.32. The molecule has 0 atom stereocenters. The van der Waals surface area contributed by atoms with Crippen LogP contribution < -0.4 is 0 Å². The Bertz CT molecular complexity index is 156. The summed E-state index contributed by atoms with van der Waals surface area (Å²) in [4.78, 5) is 2.11. The van der Waals surface area contributed by atoms with Gasteiger partial charge in [0.05, 0.1) is 6.07 Å². The number of hydrogen-bond donors (Lipinski definition) is 0. The molecular weight excluding hydrogens is 148 g/mol. The van der Waals surface area contributed by atoms with Crippen molar-refractivity contribution in [2.45, 2.75) is 45.6 Å². The van der Waals surface area contributed by atoms with Gasteiger partial charge in [0.15, 0.2) is 0 Å². The number of nitriles is 1. The Hall–Kier alpha value is -0.550. The van der Waals surface area contributed by atoms with E-state index in [1.165, 1.54) is 19.3 Å².